The predicted octanol–water partition coefficient (Wildman–Crippen LogP) is 2.08. The second kappa shape index (κ2) is 6.40. The number of rotatable bonds is 6. The van der Waals surface area contributed by atoms with Crippen LogP contribution < -0.4 is 15.4 Å². The third-order valence-corrected chi connectivity index (χ3v) is 6.11. The molecule has 7 heteroatoms. The van der Waals surface area contributed by atoms with Gasteiger partial charge in [-0.25, -0.2) is 13.1 Å². The second-order valence-corrected chi connectivity index (χ2v) is 8.54. The number of anilines is 1. The lowest BCUT2D eigenvalue weighted by Gasteiger charge is -2.20. The van der Waals surface area contributed by atoms with Gasteiger partial charge in [-0.1, -0.05) is 26.0 Å². The molecular formula is C18H23N3O3S. The lowest BCUT2D eigenvalue weighted by Crippen LogP contribution is -2.41. The minimum atomic E-state index is -3.74. The molecule has 3 N–H and O–H groups in total. The first-order valence-electron chi connectivity index (χ1n) is 8.32. The van der Waals surface area contributed by atoms with E-state index in [1.807, 2.05) is 13.8 Å². The van der Waals surface area contributed by atoms with E-state index in [9.17, 15) is 13.2 Å². The monoisotopic (exact) mass is 361 g/mol. The van der Waals surface area contributed by atoms with Crippen LogP contribution in [0.1, 0.15) is 30.6 Å². The van der Waals surface area contributed by atoms with Crippen LogP contribution >= 0.6 is 0 Å². The maximum Gasteiger partial charge on any atom is 0.258 e. The molecule has 0 aliphatic carbocycles. The van der Waals surface area contributed by atoms with Crippen LogP contribution in [0.15, 0.2) is 35.2 Å². The van der Waals surface area contributed by atoms with Crippen LogP contribution in [-0.4, -0.2) is 34.0 Å². The predicted molar refractivity (Wildman–Crippen MR) is 99.3 cm³/mol. The average molecular weight is 361 g/mol. The minimum Gasteiger partial charge on any atom is -0.329 e. The molecule has 1 aliphatic rings. The van der Waals surface area contributed by atoms with Crippen LogP contribution in [0, 0.1) is 5.92 Å². The SMILES string of the molecule is CC(C)CC(CN)NS(=O)(=O)c1ccc2c3c(cccc13)C(=O)N2C. The van der Waals surface area contributed by atoms with Gasteiger partial charge in [0.1, 0.15) is 0 Å². The zero-order valence-electron chi connectivity index (χ0n) is 14.6. The van der Waals surface area contributed by atoms with Gasteiger partial charge in [-0.3, -0.25) is 4.79 Å². The highest BCUT2D eigenvalue weighted by molar-refractivity contribution is 7.89. The van der Waals surface area contributed by atoms with E-state index < -0.39 is 10.0 Å². The molecule has 0 saturated carbocycles. The van der Waals surface area contributed by atoms with Crippen LogP contribution in [0.25, 0.3) is 10.8 Å². The Hall–Kier alpha value is -1.96. The molecule has 1 unspecified atom stereocenters. The molecule has 1 amide bonds. The fourth-order valence-electron chi connectivity index (χ4n) is 3.39. The van der Waals surface area contributed by atoms with E-state index in [1.165, 1.54) is 0 Å². The van der Waals surface area contributed by atoms with E-state index in [0.29, 0.717) is 28.7 Å². The molecular weight excluding hydrogens is 338 g/mol. The summed E-state index contributed by atoms with van der Waals surface area (Å²) in [6, 6.07) is 8.10. The zero-order chi connectivity index (χ0) is 18.4. The molecule has 0 bridgehead atoms. The van der Waals surface area contributed by atoms with Crippen LogP contribution in [0.2, 0.25) is 0 Å². The summed E-state index contributed by atoms with van der Waals surface area (Å²) in [6.07, 6.45) is 0.665. The Kier molecular flexibility index (Phi) is 4.57. The molecule has 0 fully saturated rings. The Bertz CT molecular complexity index is 938. The van der Waals surface area contributed by atoms with Crippen molar-refractivity contribution in [1.29, 1.82) is 0 Å². The van der Waals surface area contributed by atoms with Crippen molar-refractivity contribution in [1.82, 2.24) is 4.72 Å². The maximum absolute atomic E-state index is 12.9. The first-order valence-corrected chi connectivity index (χ1v) is 9.80. The van der Waals surface area contributed by atoms with Gasteiger partial charge < -0.3 is 10.6 Å². The number of carbonyl (C=O) groups excluding carboxylic acids is 1. The van der Waals surface area contributed by atoms with E-state index in [1.54, 1.807) is 42.3 Å². The van der Waals surface area contributed by atoms with Gasteiger partial charge in [-0.05, 0) is 30.5 Å². The average Bonchev–Trinajstić information content (AvgIpc) is 2.80. The number of amides is 1. The van der Waals surface area contributed by atoms with Crippen LogP contribution in [0.4, 0.5) is 5.69 Å². The van der Waals surface area contributed by atoms with Gasteiger partial charge in [0.25, 0.3) is 5.91 Å². The van der Waals surface area contributed by atoms with E-state index in [2.05, 4.69) is 4.72 Å². The summed E-state index contributed by atoms with van der Waals surface area (Å²) in [4.78, 5) is 14.1. The van der Waals surface area contributed by atoms with Crippen LogP contribution in [0.3, 0.4) is 0 Å². The van der Waals surface area contributed by atoms with Crippen molar-refractivity contribution in [2.24, 2.45) is 11.7 Å². The molecule has 1 heterocycles. The number of carbonyl (C=O) groups is 1. The van der Waals surface area contributed by atoms with Crippen LogP contribution in [-0.2, 0) is 10.0 Å². The Morgan fingerprint density at radius 1 is 1.20 bits per heavy atom. The summed E-state index contributed by atoms with van der Waals surface area (Å²) < 4.78 is 28.6. The molecule has 2 aromatic rings. The molecule has 0 radical (unpaired) electrons. The van der Waals surface area contributed by atoms with E-state index in [0.717, 1.165) is 5.69 Å². The van der Waals surface area contributed by atoms with Crippen molar-refractivity contribution in [2.75, 3.05) is 18.5 Å². The number of hydrogen-bond acceptors (Lipinski definition) is 4. The zero-order valence-corrected chi connectivity index (χ0v) is 15.4. The normalized spacial score (nSPS) is 15.4. The van der Waals surface area contributed by atoms with Crippen molar-refractivity contribution < 1.29 is 13.2 Å². The topological polar surface area (TPSA) is 92.5 Å². The fourth-order valence-corrected chi connectivity index (χ4v) is 4.85. The Morgan fingerprint density at radius 3 is 2.56 bits per heavy atom. The van der Waals surface area contributed by atoms with Crippen molar-refractivity contribution in [3.8, 4) is 0 Å². The molecule has 2 aromatic carbocycles. The van der Waals surface area contributed by atoms with Gasteiger partial charge in [0.2, 0.25) is 10.0 Å². The molecule has 0 aromatic heterocycles. The van der Waals surface area contributed by atoms with E-state index in [4.69, 9.17) is 5.73 Å². The summed E-state index contributed by atoms with van der Waals surface area (Å²) in [5.74, 6) is 0.207. The maximum atomic E-state index is 12.9. The van der Waals surface area contributed by atoms with Gasteiger partial charge in [-0.2, -0.15) is 0 Å². The highest BCUT2D eigenvalue weighted by Gasteiger charge is 2.30. The number of benzene rings is 2. The molecule has 3 rings (SSSR count). The summed E-state index contributed by atoms with van der Waals surface area (Å²) in [5, 5.41) is 1.24. The van der Waals surface area contributed by atoms with Crippen molar-refractivity contribution in [3.05, 3.63) is 35.9 Å². The molecule has 1 atom stereocenters. The van der Waals surface area contributed by atoms with Gasteiger partial charge in [0.15, 0.2) is 0 Å². The molecule has 6 nitrogen and oxygen atoms in total. The number of nitrogens with one attached hydrogen (secondary N) is 1. The first kappa shape index (κ1) is 17.8. The van der Waals surface area contributed by atoms with Crippen molar-refractivity contribution in [2.45, 2.75) is 31.2 Å². The quantitative estimate of drug-likeness (QED) is 0.824. The van der Waals surface area contributed by atoms with Gasteiger partial charge in [0, 0.05) is 36.0 Å². The van der Waals surface area contributed by atoms with Crippen LogP contribution in [0.5, 0.6) is 0 Å². The molecule has 0 saturated heterocycles. The summed E-state index contributed by atoms with van der Waals surface area (Å²) in [6.45, 7) is 4.29. The number of hydrogen-bond donors (Lipinski definition) is 2. The second-order valence-electron chi connectivity index (χ2n) is 6.86. The van der Waals surface area contributed by atoms with Crippen molar-refractivity contribution in [3.63, 3.8) is 0 Å². The highest BCUT2D eigenvalue weighted by atomic mass is 32.2. The van der Waals surface area contributed by atoms with Crippen molar-refractivity contribution >= 4 is 32.4 Å². The Labute approximate surface area is 148 Å². The third-order valence-electron chi connectivity index (χ3n) is 4.53. The van der Waals surface area contributed by atoms with Gasteiger partial charge >= 0.3 is 0 Å². The standard InChI is InChI=1S/C18H23N3O3S/c1-11(2)9-12(10-19)20-25(23,24)16-8-7-15-17-13(16)5-4-6-14(17)18(22)21(15)3/h4-8,11-12,20H,9-10,19H2,1-3H3. The minimum absolute atomic E-state index is 0.122. The largest absolute Gasteiger partial charge is 0.329 e. The third kappa shape index (κ3) is 3.03. The Balaban J connectivity index is 2.10. The number of nitrogens with zero attached hydrogens (tertiary/aromatic N) is 1. The highest BCUT2D eigenvalue weighted by Crippen LogP contribution is 2.39. The molecule has 25 heavy (non-hydrogen) atoms. The Morgan fingerprint density at radius 2 is 1.92 bits per heavy atom. The summed E-state index contributed by atoms with van der Waals surface area (Å²) in [7, 11) is -2.05. The number of nitrogens with two attached hydrogens (primary N) is 1. The lowest BCUT2D eigenvalue weighted by molar-refractivity contribution is 0.0999. The molecule has 0 spiro atoms. The lowest BCUT2D eigenvalue weighted by atomic mass is 10.1. The molecule has 134 valence electrons. The summed E-state index contributed by atoms with van der Waals surface area (Å²) in [5.41, 5.74) is 7.00. The van der Waals surface area contributed by atoms with E-state index >= 15 is 0 Å². The smallest absolute Gasteiger partial charge is 0.258 e. The summed E-state index contributed by atoms with van der Waals surface area (Å²) >= 11 is 0. The van der Waals surface area contributed by atoms with Gasteiger partial charge in [-0.15, -0.1) is 0 Å². The number of sulfonamides is 1. The van der Waals surface area contributed by atoms with Gasteiger partial charge in [0.05, 0.1) is 10.6 Å². The fraction of sp³-hybridized carbons (Fsp3) is 0.389. The van der Waals surface area contributed by atoms with E-state index in [-0.39, 0.29) is 23.4 Å². The molecule has 1 aliphatic heterocycles. The first-order chi connectivity index (χ1) is 11.8.